The molecule has 1 aliphatic carbocycles. The number of pyridine rings is 1. The first kappa shape index (κ1) is 25.5. The van der Waals surface area contributed by atoms with E-state index in [1.807, 2.05) is 6.07 Å². The molecular weight excluding hydrogens is 452 g/mol. The second-order valence-corrected chi connectivity index (χ2v) is 10.6. The lowest BCUT2D eigenvalue weighted by Crippen LogP contribution is -2.52. The van der Waals surface area contributed by atoms with Crippen molar-refractivity contribution < 1.29 is 23.4 Å². The Labute approximate surface area is 205 Å². The van der Waals surface area contributed by atoms with Crippen LogP contribution < -0.4 is 15.4 Å². The Kier molecular flexibility index (Phi) is 7.43. The summed E-state index contributed by atoms with van der Waals surface area (Å²) in [5.41, 5.74) is 0.868. The minimum absolute atomic E-state index is 0.118. The Morgan fingerprint density at radius 3 is 2.60 bits per heavy atom. The molecule has 6 nitrogen and oxygen atoms in total. The molecule has 1 saturated carbocycles. The summed E-state index contributed by atoms with van der Waals surface area (Å²) in [6, 6.07) is 7.32. The van der Waals surface area contributed by atoms with Gasteiger partial charge in [0.2, 0.25) is 11.8 Å². The molecule has 1 aromatic heterocycles. The number of carbonyl (C=O) groups excluding carboxylic acids is 1. The van der Waals surface area contributed by atoms with E-state index < -0.39 is 17.8 Å². The zero-order valence-corrected chi connectivity index (χ0v) is 20.6. The number of carbonyl (C=O) groups is 1. The van der Waals surface area contributed by atoms with Crippen LogP contribution in [-0.4, -0.2) is 46.0 Å². The molecule has 190 valence electrons. The number of aliphatic hydroxyl groups excluding tert-OH is 1. The van der Waals surface area contributed by atoms with Gasteiger partial charge in [-0.05, 0) is 68.9 Å². The SMILES string of the molecule is CC(=O)N[C@@H](Cc1ccc(F)cc1)[C@H](O)CN[C@H]1CC2(CCC2)Oc2ncc(CC(C)(C)F)cc21. The predicted octanol–water partition coefficient (Wildman–Crippen LogP) is 3.96. The Morgan fingerprint density at radius 1 is 1.29 bits per heavy atom. The zero-order chi connectivity index (χ0) is 25.2. The van der Waals surface area contributed by atoms with Gasteiger partial charge in [0.1, 0.15) is 17.1 Å². The van der Waals surface area contributed by atoms with Gasteiger partial charge in [-0.3, -0.25) is 4.79 Å². The van der Waals surface area contributed by atoms with Gasteiger partial charge >= 0.3 is 0 Å². The largest absolute Gasteiger partial charge is 0.471 e. The quantitative estimate of drug-likeness (QED) is 0.499. The summed E-state index contributed by atoms with van der Waals surface area (Å²) in [7, 11) is 0. The fraction of sp³-hybridized carbons (Fsp3) is 0.556. The number of nitrogens with zero attached hydrogens (tertiary/aromatic N) is 1. The first-order valence-electron chi connectivity index (χ1n) is 12.3. The lowest BCUT2D eigenvalue weighted by atomic mass is 9.73. The van der Waals surface area contributed by atoms with Gasteiger partial charge in [0, 0.05) is 44.1 Å². The van der Waals surface area contributed by atoms with Crippen molar-refractivity contribution >= 4 is 5.91 Å². The molecule has 2 aromatic rings. The maximum absolute atomic E-state index is 14.3. The van der Waals surface area contributed by atoms with Gasteiger partial charge in [-0.25, -0.2) is 13.8 Å². The molecule has 4 rings (SSSR count). The van der Waals surface area contributed by atoms with E-state index in [9.17, 15) is 18.7 Å². The highest BCUT2D eigenvalue weighted by Gasteiger charge is 2.46. The molecular formula is C27H35F2N3O3. The molecule has 2 aliphatic rings. The van der Waals surface area contributed by atoms with Crippen LogP contribution in [0.1, 0.15) is 69.2 Å². The molecule has 3 N–H and O–H groups in total. The van der Waals surface area contributed by atoms with Crippen LogP contribution in [0, 0.1) is 5.82 Å². The van der Waals surface area contributed by atoms with Gasteiger partial charge in [0.25, 0.3) is 0 Å². The van der Waals surface area contributed by atoms with Crippen LogP contribution in [0.5, 0.6) is 5.88 Å². The number of nitrogens with one attached hydrogen (secondary N) is 2. The zero-order valence-electron chi connectivity index (χ0n) is 20.6. The third kappa shape index (κ3) is 6.55. The molecule has 1 aliphatic heterocycles. The van der Waals surface area contributed by atoms with Crippen molar-refractivity contribution in [3.63, 3.8) is 0 Å². The van der Waals surface area contributed by atoms with Gasteiger partial charge in [0.15, 0.2) is 0 Å². The van der Waals surface area contributed by atoms with Gasteiger partial charge < -0.3 is 20.5 Å². The van der Waals surface area contributed by atoms with Crippen molar-refractivity contribution in [1.29, 1.82) is 0 Å². The predicted molar refractivity (Wildman–Crippen MR) is 129 cm³/mol. The molecule has 1 fully saturated rings. The first-order chi connectivity index (χ1) is 16.5. The third-order valence-electron chi connectivity index (χ3n) is 6.88. The van der Waals surface area contributed by atoms with Crippen LogP contribution in [0.3, 0.4) is 0 Å². The Morgan fingerprint density at radius 2 is 2.00 bits per heavy atom. The normalized spacial score (nSPS) is 20.3. The topological polar surface area (TPSA) is 83.5 Å². The number of aliphatic hydroxyl groups is 1. The monoisotopic (exact) mass is 487 g/mol. The van der Waals surface area contributed by atoms with E-state index in [4.69, 9.17) is 4.74 Å². The molecule has 1 spiro atoms. The lowest BCUT2D eigenvalue weighted by molar-refractivity contribution is -0.120. The highest BCUT2D eigenvalue weighted by Crippen LogP contribution is 2.48. The van der Waals surface area contributed by atoms with Crippen LogP contribution in [0.4, 0.5) is 8.78 Å². The average Bonchev–Trinajstić information content (AvgIpc) is 2.75. The van der Waals surface area contributed by atoms with Crippen LogP contribution in [-0.2, 0) is 17.6 Å². The highest BCUT2D eigenvalue weighted by molar-refractivity contribution is 5.73. The van der Waals surface area contributed by atoms with Crippen LogP contribution >= 0.6 is 0 Å². The molecule has 0 bridgehead atoms. The van der Waals surface area contributed by atoms with Crippen LogP contribution in [0.2, 0.25) is 0 Å². The van der Waals surface area contributed by atoms with Crippen molar-refractivity contribution in [2.45, 2.75) is 88.8 Å². The van der Waals surface area contributed by atoms with E-state index in [1.165, 1.54) is 19.1 Å². The van der Waals surface area contributed by atoms with Crippen molar-refractivity contribution in [3.8, 4) is 5.88 Å². The Balaban J connectivity index is 1.49. The van der Waals surface area contributed by atoms with E-state index in [1.54, 1.807) is 32.2 Å². The van der Waals surface area contributed by atoms with E-state index in [2.05, 4.69) is 15.6 Å². The summed E-state index contributed by atoms with van der Waals surface area (Å²) >= 11 is 0. The molecule has 35 heavy (non-hydrogen) atoms. The first-order valence-corrected chi connectivity index (χ1v) is 12.3. The number of halogens is 2. The maximum atomic E-state index is 14.3. The van der Waals surface area contributed by atoms with E-state index in [0.717, 1.165) is 42.4 Å². The smallest absolute Gasteiger partial charge is 0.218 e. The summed E-state index contributed by atoms with van der Waals surface area (Å²) in [5.74, 6) is -0.0176. The van der Waals surface area contributed by atoms with Crippen molar-refractivity contribution in [1.82, 2.24) is 15.6 Å². The lowest BCUT2D eigenvalue weighted by Gasteiger charge is -2.47. The number of fused-ring (bicyclic) bond motifs is 1. The standard InChI is InChI=1S/C27H35F2N3O3/c1-17(33)32-22(12-18-5-7-20(28)8-6-18)24(34)16-30-23-14-27(9-4-10-27)35-25-21(23)11-19(15-31-25)13-26(2,3)29/h5-8,11,15,22-24,30,34H,4,9-10,12-14,16H2,1-3H3,(H,32,33)/t22-,23-,24+/m0/s1. The van der Waals surface area contributed by atoms with Crippen molar-refractivity contribution in [2.75, 3.05) is 6.54 Å². The van der Waals surface area contributed by atoms with Crippen molar-refractivity contribution in [3.05, 3.63) is 59.0 Å². The number of rotatable bonds is 9. The number of hydrogen-bond donors (Lipinski definition) is 3. The van der Waals surface area contributed by atoms with Crippen molar-refractivity contribution in [2.24, 2.45) is 0 Å². The summed E-state index contributed by atoms with van der Waals surface area (Å²) < 4.78 is 33.8. The maximum Gasteiger partial charge on any atom is 0.218 e. The molecule has 0 radical (unpaired) electrons. The van der Waals surface area contributed by atoms with Gasteiger partial charge in [-0.2, -0.15) is 0 Å². The highest BCUT2D eigenvalue weighted by atomic mass is 19.1. The molecule has 1 amide bonds. The number of benzene rings is 1. The average molecular weight is 488 g/mol. The molecule has 0 saturated heterocycles. The minimum atomic E-state index is -1.36. The second kappa shape index (κ2) is 10.2. The van der Waals surface area contributed by atoms with Crippen LogP contribution in [0.15, 0.2) is 36.5 Å². The number of aromatic nitrogens is 1. The molecule has 3 atom stereocenters. The van der Waals surface area contributed by atoms with E-state index >= 15 is 0 Å². The fourth-order valence-electron chi connectivity index (χ4n) is 5.04. The fourth-order valence-corrected chi connectivity index (χ4v) is 5.04. The summed E-state index contributed by atoms with van der Waals surface area (Å²) in [4.78, 5) is 16.3. The van der Waals surface area contributed by atoms with Gasteiger partial charge in [-0.15, -0.1) is 0 Å². The Bertz CT molecular complexity index is 1030. The second-order valence-electron chi connectivity index (χ2n) is 10.6. The summed E-state index contributed by atoms with van der Waals surface area (Å²) in [5, 5.41) is 17.3. The number of hydrogen-bond acceptors (Lipinski definition) is 5. The number of amides is 1. The minimum Gasteiger partial charge on any atom is -0.471 e. The van der Waals surface area contributed by atoms with Gasteiger partial charge in [-0.1, -0.05) is 12.1 Å². The van der Waals surface area contributed by atoms with E-state index in [-0.39, 0.29) is 36.3 Å². The molecule has 2 heterocycles. The third-order valence-corrected chi connectivity index (χ3v) is 6.88. The van der Waals surface area contributed by atoms with Gasteiger partial charge in [0.05, 0.1) is 12.1 Å². The van der Waals surface area contributed by atoms with E-state index in [0.29, 0.717) is 12.3 Å². The molecule has 8 heteroatoms. The molecule has 1 aromatic carbocycles. The number of ether oxygens (including phenoxy) is 1. The summed E-state index contributed by atoms with van der Waals surface area (Å²) in [6.07, 6.45) is 5.15. The number of alkyl halides is 1. The Hall–Kier alpha value is -2.58. The van der Waals surface area contributed by atoms with Crippen LogP contribution in [0.25, 0.3) is 0 Å². The molecule has 0 unspecified atom stereocenters. The summed E-state index contributed by atoms with van der Waals surface area (Å²) in [6.45, 7) is 4.72.